The zero-order chi connectivity index (χ0) is 18.5. The number of methoxy groups -OCH3 is 2. The molecule has 2 atom stereocenters. The third-order valence-corrected chi connectivity index (χ3v) is 5.19. The summed E-state index contributed by atoms with van der Waals surface area (Å²) < 4.78 is 17.1. The number of ether oxygens (including phenoxy) is 3. The molecular weight excluding hydrogens is 326 g/mol. The first kappa shape index (κ1) is 18.7. The molecule has 0 amide bonds. The third kappa shape index (κ3) is 4.02. The van der Waals surface area contributed by atoms with E-state index in [9.17, 15) is 0 Å². The van der Waals surface area contributed by atoms with Crippen molar-refractivity contribution in [2.75, 3.05) is 34.9 Å². The molecule has 0 bridgehead atoms. The van der Waals surface area contributed by atoms with Crippen molar-refractivity contribution in [3.63, 3.8) is 0 Å². The van der Waals surface area contributed by atoms with E-state index in [0.717, 1.165) is 37.4 Å². The summed E-state index contributed by atoms with van der Waals surface area (Å²) in [6.07, 6.45) is 3.03. The van der Waals surface area contributed by atoms with Gasteiger partial charge in [0.25, 0.3) is 0 Å². The fourth-order valence-corrected chi connectivity index (χ4v) is 3.80. The van der Waals surface area contributed by atoms with Gasteiger partial charge in [0, 0.05) is 6.04 Å². The molecule has 0 saturated carbocycles. The van der Waals surface area contributed by atoms with Crippen molar-refractivity contribution in [2.45, 2.75) is 31.4 Å². The molecule has 0 radical (unpaired) electrons. The summed E-state index contributed by atoms with van der Waals surface area (Å²) in [4.78, 5) is 2.29. The van der Waals surface area contributed by atoms with E-state index in [-0.39, 0.29) is 6.10 Å². The van der Waals surface area contributed by atoms with E-state index in [2.05, 4.69) is 61.5 Å². The van der Waals surface area contributed by atoms with Crippen LogP contribution in [0.3, 0.4) is 0 Å². The van der Waals surface area contributed by atoms with Gasteiger partial charge >= 0.3 is 0 Å². The molecule has 2 aromatic rings. The Balaban J connectivity index is 1.79. The van der Waals surface area contributed by atoms with Gasteiger partial charge in [0.1, 0.15) is 0 Å². The van der Waals surface area contributed by atoms with Gasteiger partial charge < -0.3 is 19.1 Å². The van der Waals surface area contributed by atoms with Crippen LogP contribution in [-0.4, -0.2) is 39.8 Å². The van der Waals surface area contributed by atoms with Crippen molar-refractivity contribution in [3.05, 3.63) is 59.2 Å². The summed E-state index contributed by atoms with van der Waals surface area (Å²) in [7, 11) is 7.64. The molecule has 4 nitrogen and oxygen atoms in total. The predicted octanol–water partition coefficient (Wildman–Crippen LogP) is 4.40. The minimum Gasteiger partial charge on any atom is -0.493 e. The summed E-state index contributed by atoms with van der Waals surface area (Å²) in [5.41, 5.74) is 3.89. The molecule has 2 aromatic carbocycles. The van der Waals surface area contributed by atoms with Crippen LogP contribution in [0.5, 0.6) is 11.5 Å². The second-order valence-electron chi connectivity index (χ2n) is 6.98. The molecule has 0 aromatic heterocycles. The van der Waals surface area contributed by atoms with Gasteiger partial charge in [-0.2, -0.15) is 0 Å². The van der Waals surface area contributed by atoms with Crippen LogP contribution in [0, 0.1) is 0 Å². The van der Waals surface area contributed by atoms with E-state index in [1.165, 1.54) is 16.7 Å². The lowest BCUT2D eigenvalue weighted by molar-refractivity contribution is 0.0303. The van der Waals surface area contributed by atoms with Crippen LogP contribution >= 0.6 is 0 Å². The quantitative estimate of drug-likeness (QED) is 0.736. The average Bonchev–Trinajstić information content (AvgIpc) is 2.67. The van der Waals surface area contributed by atoms with E-state index >= 15 is 0 Å². The van der Waals surface area contributed by atoms with Crippen LogP contribution in [0.1, 0.15) is 41.7 Å². The average molecular weight is 355 g/mol. The molecule has 26 heavy (non-hydrogen) atoms. The van der Waals surface area contributed by atoms with Gasteiger partial charge in [-0.3, -0.25) is 0 Å². The fraction of sp³-hybridized carbons (Fsp3) is 0.455. The Morgan fingerprint density at radius 1 is 1.08 bits per heavy atom. The standard InChI is InChI=1S/C22H29NO3/c1-23(2)19(16-8-6-5-7-9-16)10-11-20-18-15-22(25-4)21(24-3)14-17(18)12-13-26-20/h5-9,14-15,19-20H,10-13H2,1-4H3. The first-order valence-electron chi connectivity index (χ1n) is 9.21. The van der Waals surface area contributed by atoms with Crippen LogP contribution in [0.2, 0.25) is 0 Å². The van der Waals surface area contributed by atoms with Gasteiger partial charge in [-0.25, -0.2) is 0 Å². The molecule has 1 aliphatic heterocycles. The Hall–Kier alpha value is -2.04. The van der Waals surface area contributed by atoms with E-state index < -0.39 is 0 Å². The molecule has 0 fully saturated rings. The van der Waals surface area contributed by atoms with Gasteiger partial charge in [-0.15, -0.1) is 0 Å². The highest BCUT2D eigenvalue weighted by molar-refractivity contribution is 5.49. The SMILES string of the molecule is COc1cc2c(cc1OC)C(CCC(c1ccccc1)N(C)C)OCC2. The summed E-state index contributed by atoms with van der Waals surface area (Å²) in [5.74, 6) is 1.57. The molecule has 1 aliphatic rings. The smallest absolute Gasteiger partial charge is 0.161 e. The highest BCUT2D eigenvalue weighted by atomic mass is 16.5. The van der Waals surface area contributed by atoms with Crippen LogP contribution in [-0.2, 0) is 11.2 Å². The maximum absolute atomic E-state index is 6.13. The molecule has 3 rings (SSSR count). The monoisotopic (exact) mass is 355 g/mol. The van der Waals surface area contributed by atoms with Crippen LogP contribution in [0.15, 0.2) is 42.5 Å². The molecule has 0 aliphatic carbocycles. The van der Waals surface area contributed by atoms with Crippen molar-refractivity contribution in [1.82, 2.24) is 4.90 Å². The van der Waals surface area contributed by atoms with Crippen LogP contribution in [0.4, 0.5) is 0 Å². The topological polar surface area (TPSA) is 30.9 Å². The van der Waals surface area contributed by atoms with E-state index in [1.54, 1.807) is 14.2 Å². The number of rotatable bonds is 7. The third-order valence-electron chi connectivity index (χ3n) is 5.19. The second kappa shape index (κ2) is 8.56. The lowest BCUT2D eigenvalue weighted by atomic mass is 9.91. The largest absolute Gasteiger partial charge is 0.493 e. The molecule has 0 spiro atoms. The summed E-state index contributed by atoms with van der Waals surface area (Å²) >= 11 is 0. The van der Waals surface area contributed by atoms with Crippen molar-refractivity contribution in [1.29, 1.82) is 0 Å². The van der Waals surface area contributed by atoms with Gasteiger partial charge in [0.15, 0.2) is 11.5 Å². The van der Waals surface area contributed by atoms with Gasteiger partial charge in [0.2, 0.25) is 0 Å². The Morgan fingerprint density at radius 3 is 2.42 bits per heavy atom. The normalized spacial score (nSPS) is 17.7. The maximum Gasteiger partial charge on any atom is 0.161 e. The van der Waals surface area contributed by atoms with Crippen LogP contribution in [0.25, 0.3) is 0 Å². The molecule has 140 valence electrons. The number of hydrogen-bond acceptors (Lipinski definition) is 4. The first-order chi connectivity index (χ1) is 12.6. The Kier molecular flexibility index (Phi) is 6.17. The Bertz CT molecular complexity index is 715. The predicted molar refractivity (Wildman–Crippen MR) is 104 cm³/mol. The van der Waals surface area contributed by atoms with Crippen molar-refractivity contribution in [3.8, 4) is 11.5 Å². The lowest BCUT2D eigenvalue weighted by Crippen LogP contribution is -2.22. The first-order valence-corrected chi connectivity index (χ1v) is 9.21. The van der Waals surface area contributed by atoms with Gasteiger partial charge in [-0.05, 0) is 62.2 Å². The number of nitrogens with zero attached hydrogens (tertiary/aromatic N) is 1. The summed E-state index contributed by atoms with van der Waals surface area (Å²) in [6, 6.07) is 15.3. The summed E-state index contributed by atoms with van der Waals surface area (Å²) in [6.45, 7) is 0.755. The lowest BCUT2D eigenvalue weighted by Gasteiger charge is -2.30. The minimum absolute atomic E-state index is 0.102. The summed E-state index contributed by atoms with van der Waals surface area (Å²) in [5, 5.41) is 0. The maximum atomic E-state index is 6.13. The number of hydrogen-bond donors (Lipinski definition) is 0. The van der Waals surface area contributed by atoms with Crippen molar-refractivity contribution >= 4 is 0 Å². The van der Waals surface area contributed by atoms with E-state index in [1.807, 2.05) is 0 Å². The fourth-order valence-electron chi connectivity index (χ4n) is 3.80. The zero-order valence-corrected chi connectivity index (χ0v) is 16.2. The van der Waals surface area contributed by atoms with Gasteiger partial charge in [0.05, 0.1) is 26.9 Å². The molecule has 4 heteroatoms. The molecule has 0 N–H and O–H groups in total. The van der Waals surface area contributed by atoms with E-state index in [4.69, 9.17) is 14.2 Å². The number of fused-ring (bicyclic) bond motifs is 1. The molecular formula is C22H29NO3. The molecule has 2 unspecified atom stereocenters. The number of benzene rings is 2. The molecule has 0 saturated heterocycles. The minimum atomic E-state index is 0.102. The second-order valence-corrected chi connectivity index (χ2v) is 6.98. The highest BCUT2D eigenvalue weighted by Gasteiger charge is 2.25. The Labute approximate surface area is 156 Å². The Morgan fingerprint density at radius 2 is 1.77 bits per heavy atom. The highest BCUT2D eigenvalue weighted by Crippen LogP contribution is 2.39. The van der Waals surface area contributed by atoms with Crippen molar-refractivity contribution < 1.29 is 14.2 Å². The van der Waals surface area contributed by atoms with E-state index in [0.29, 0.717) is 6.04 Å². The van der Waals surface area contributed by atoms with Crippen molar-refractivity contribution in [2.24, 2.45) is 0 Å². The van der Waals surface area contributed by atoms with Gasteiger partial charge in [-0.1, -0.05) is 30.3 Å². The zero-order valence-electron chi connectivity index (χ0n) is 16.2. The molecule has 1 heterocycles. The van der Waals surface area contributed by atoms with Crippen LogP contribution < -0.4 is 9.47 Å².